The van der Waals surface area contributed by atoms with E-state index in [0.717, 1.165) is 22.1 Å². The number of aromatic nitrogens is 4. The molecule has 5 heterocycles. The number of nitrogens with two attached hydrogens (primary N) is 1. The van der Waals surface area contributed by atoms with E-state index in [4.69, 9.17) is 15.8 Å². The Hall–Kier alpha value is -4.49. The van der Waals surface area contributed by atoms with Gasteiger partial charge in [0.15, 0.2) is 5.13 Å². The van der Waals surface area contributed by atoms with Crippen LogP contribution in [0.25, 0.3) is 5.65 Å². The number of anilines is 1. The first kappa shape index (κ1) is 24.2. The molecule has 16 heteroatoms. The second-order valence-electron chi connectivity index (χ2n) is 7.90. The maximum Gasteiger partial charge on any atom is 0.286 e. The Morgan fingerprint density at radius 3 is 2.95 bits per heavy atom. The minimum absolute atomic E-state index is 0.0573. The molecule has 2 amide bonds. The van der Waals surface area contributed by atoms with E-state index in [9.17, 15) is 19.5 Å². The predicted molar refractivity (Wildman–Crippen MR) is 127 cm³/mol. The highest BCUT2D eigenvalue weighted by molar-refractivity contribution is 8.00. The average molecular weight is 540 g/mol. The van der Waals surface area contributed by atoms with Gasteiger partial charge in [-0.2, -0.15) is 14.6 Å². The zero-order chi connectivity index (χ0) is 26.3. The molecule has 0 bridgehead atoms. The Balaban J connectivity index is 1.37. The number of aliphatic carboxylic acids is 1. The number of amides is 2. The number of nitrogens with one attached hydrogen (secondary N) is 1. The van der Waals surface area contributed by atoms with Gasteiger partial charge in [-0.1, -0.05) is 5.16 Å². The monoisotopic (exact) mass is 539 g/mol. The summed E-state index contributed by atoms with van der Waals surface area (Å²) in [6, 6.07) is 4.48. The number of carbonyl (C=O) groups is 3. The number of hydrogen-bond donors (Lipinski definition) is 2. The van der Waals surface area contributed by atoms with Crippen molar-refractivity contribution in [3.05, 3.63) is 53.4 Å². The van der Waals surface area contributed by atoms with Crippen molar-refractivity contribution in [1.82, 2.24) is 24.0 Å². The van der Waals surface area contributed by atoms with E-state index in [1.165, 1.54) is 18.9 Å². The van der Waals surface area contributed by atoms with Crippen molar-refractivity contribution >= 4 is 57.6 Å². The fraction of sp³-hybridized carbons (Fsp3) is 0.238. The number of hydrogen-bond acceptors (Lipinski definition) is 12. The molecule has 1 fully saturated rings. The van der Waals surface area contributed by atoms with Crippen LogP contribution in [0.2, 0.25) is 0 Å². The molecule has 0 aromatic carbocycles. The van der Waals surface area contributed by atoms with E-state index in [0.29, 0.717) is 11.1 Å². The lowest BCUT2D eigenvalue weighted by atomic mass is 10.0. The SMILES string of the molecule is CO/N=C(\C(=O)N[C@@H]1C(=O)N2C(C(=O)[O-])=C(C[n+]3ccn4cc(C#N)ccc43)CS[C@H]12)c1nsc(N)n1. The fourth-order valence-corrected chi connectivity index (χ4v) is 5.89. The summed E-state index contributed by atoms with van der Waals surface area (Å²) in [5.74, 6) is -2.63. The van der Waals surface area contributed by atoms with Crippen LogP contribution in [0.4, 0.5) is 5.13 Å². The van der Waals surface area contributed by atoms with Crippen LogP contribution in [0, 0.1) is 11.3 Å². The molecule has 0 unspecified atom stereocenters. The van der Waals surface area contributed by atoms with Gasteiger partial charge in [-0.3, -0.25) is 14.5 Å². The molecule has 0 radical (unpaired) electrons. The summed E-state index contributed by atoms with van der Waals surface area (Å²) in [4.78, 5) is 47.7. The van der Waals surface area contributed by atoms with Crippen LogP contribution in [0.5, 0.6) is 0 Å². The lowest BCUT2D eigenvalue weighted by Crippen LogP contribution is -2.71. The summed E-state index contributed by atoms with van der Waals surface area (Å²) in [5.41, 5.74) is 6.78. The van der Waals surface area contributed by atoms with Crippen LogP contribution in [0.1, 0.15) is 11.4 Å². The van der Waals surface area contributed by atoms with Crippen LogP contribution >= 0.6 is 23.3 Å². The van der Waals surface area contributed by atoms with Crippen molar-refractivity contribution in [2.75, 3.05) is 18.6 Å². The lowest BCUT2D eigenvalue weighted by molar-refractivity contribution is -0.662. The Bertz CT molecular complexity index is 1550. The minimum atomic E-state index is -1.49. The Kier molecular flexibility index (Phi) is 6.23. The summed E-state index contributed by atoms with van der Waals surface area (Å²) in [5, 5.41) is 26.9. The quantitative estimate of drug-likeness (QED) is 0.146. The van der Waals surface area contributed by atoms with Gasteiger partial charge >= 0.3 is 0 Å². The van der Waals surface area contributed by atoms with E-state index >= 15 is 0 Å². The molecular weight excluding hydrogens is 522 g/mol. The van der Waals surface area contributed by atoms with Crippen LogP contribution in [-0.4, -0.2) is 66.4 Å². The second-order valence-corrected chi connectivity index (χ2v) is 9.79. The maximum atomic E-state index is 13.0. The van der Waals surface area contributed by atoms with Gasteiger partial charge in [-0.25, -0.2) is 8.97 Å². The third-order valence-electron chi connectivity index (χ3n) is 5.72. The first-order valence-corrected chi connectivity index (χ1v) is 12.4. The molecule has 37 heavy (non-hydrogen) atoms. The molecule has 188 valence electrons. The van der Waals surface area contributed by atoms with E-state index in [1.807, 2.05) is 4.57 Å². The van der Waals surface area contributed by atoms with Crippen molar-refractivity contribution < 1.29 is 28.9 Å². The number of pyridine rings is 1. The lowest BCUT2D eigenvalue weighted by Gasteiger charge is -2.50. The van der Waals surface area contributed by atoms with Crippen molar-refractivity contribution in [1.29, 1.82) is 5.26 Å². The normalized spacial score (nSPS) is 19.3. The fourth-order valence-electron chi connectivity index (χ4n) is 4.12. The van der Waals surface area contributed by atoms with Crippen molar-refractivity contribution in [2.45, 2.75) is 18.0 Å². The molecule has 5 rings (SSSR count). The number of fused-ring (bicyclic) bond motifs is 2. The van der Waals surface area contributed by atoms with Gasteiger partial charge in [0.2, 0.25) is 11.5 Å². The Morgan fingerprint density at radius 1 is 1.46 bits per heavy atom. The number of rotatable bonds is 7. The van der Waals surface area contributed by atoms with E-state index in [2.05, 4.69) is 25.9 Å². The minimum Gasteiger partial charge on any atom is -0.543 e. The molecule has 2 aliphatic rings. The van der Waals surface area contributed by atoms with Gasteiger partial charge in [0.25, 0.3) is 17.5 Å². The van der Waals surface area contributed by atoms with E-state index < -0.39 is 29.2 Å². The largest absolute Gasteiger partial charge is 0.543 e. The predicted octanol–water partition coefficient (Wildman–Crippen LogP) is -2.01. The number of β-lactam (4-membered cyclic amide) rings is 1. The zero-order valence-electron chi connectivity index (χ0n) is 19.0. The van der Waals surface area contributed by atoms with Gasteiger partial charge in [0.05, 0.1) is 17.2 Å². The molecule has 0 spiro atoms. The molecule has 3 N–H and O–H groups in total. The highest BCUT2D eigenvalue weighted by Gasteiger charge is 2.53. The molecule has 0 aliphatic carbocycles. The highest BCUT2D eigenvalue weighted by atomic mass is 32.2. The molecule has 1 saturated heterocycles. The molecule has 2 aliphatic heterocycles. The summed E-state index contributed by atoms with van der Waals surface area (Å²) < 4.78 is 7.50. The first-order chi connectivity index (χ1) is 17.8. The highest BCUT2D eigenvalue weighted by Crippen LogP contribution is 2.40. The van der Waals surface area contributed by atoms with Crippen molar-refractivity contribution in [2.24, 2.45) is 5.16 Å². The van der Waals surface area contributed by atoms with E-state index in [1.54, 1.807) is 35.1 Å². The molecule has 3 aromatic heterocycles. The van der Waals surface area contributed by atoms with Crippen LogP contribution in [0.3, 0.4) is 0 Å². The zero-order valence-corrected chi connectivity index (χ0v) is 20.7. The third kappa shape index (κ3) is 4.23. The number of carbonyl (C=O) groups excluding carboxylic acids is 3. The van der Waals surface area contributed by atoms with Gasteiger partial charge < -0.3 is 25.8 Å². The summed E-state index contributed by atoms with van der Waals surface area (Å²) in [6.07, 6.45) is 5.16. The second kappa shape index (κ2) is 9.52. The van der Waals surface area contributed by atoms with Gasteiger partial charge in [0, 0.05) is 28.9 Å². The van der Waals surface area contributed by atoms with Crippen LogP contribution in [-0.2, 0) is 25.8 Å². The van der Waals surface area contributed by atoms with Crippen molar-refractivity contribution in [3.8, 4) is 6.07 Å². The number of carboxylic acid groups (broad SMARTS) is 1. The van der Waals surface area contributed by atoms with Gasteiger partial charge in [-0.15, -0.1) is 11.8 Å². The summed E-state index contributed by atoms with van der Waals surface area (Å²) in [7, 11) is 1.24. The molecule has 2 atom stereocenters. The number of imidazole rings is 1. The maximum absolute atomic E-state index is 13.0. The number of nitriles is 1. The Morgan fingerprint density at radius 2 is 2.27 bits per heavy atom. The molecular formula is C21H17N9O5S2. The summed E-state index contributed by atoms with van der Waals surface area (Å²) in [6.45, 7) is 0.188. The molecule has 14 nitrogen and oxygen atoms in total. The van der Waals surface area contributed by atoms with E-state index in [-0.39, 0.29) is 34.7 Å². The van der Waals surface area contributed by atoms with Crippen molar-refractivity contribution in [3.63, 3.8) is 0 Å². The number of carboxylic acids is 1. The smallest absolute Gasteiger partial charge is 0.286 e. The molecule has 3 aromatic rings. The third-order valence-corrected chi connectivity index (χ3v) is 7.61. The number of thioether (sulfide) groups is 1. The van der Waals surface area contributed by atoms with Gasteiger partial charge in [0.1, 0.15) is 49.7 Å². The average Bonchev–Trinajstić information content (AvgIpc) is 3.50. The van der Waals surface area contributed by atoms with Crippen LogP contribution in [0.15, 0.2) is 47.1 Å². The molecule has 0 saturated carbocycles. The topological polar surface area (TPSA) is 195 Å². The number of oxime groups is 1. The standard InChI is InChI=1S/C21H17N9O5S2/c1-35-26-13(16-25-21(23)37-27-16)17(31)24-14-18(32)30-15(20(33)34)11(9-36-19(14)30)8-29-5-4-28-7-10(6-22)2-3-12(28)29/h2-5,7,14,19H,8-9H2,1H3,(H3-,23,24,25,27,31,33,34)/b26-13-/t14-,19-/m1/s1. The number of nitrogen functional groups attached to an aromatic ring is 1. The number of nitrogens with zero attached hydrogens (tertiary/aromatic N) is 7. The van der Waals surface area contributed by atoms with Crippen LogP contribution < -0.4 is 20.7 Å². The summed E-state index contributed by atoms with van der Waals surface area (Å²) >= 11 is 2.18. The Labute approximate surface area is 216 Å². The van der Waals surface area contributed by atoms with Gasteiger partial charge in [-0.05, 0) is 6.07 Å². The first-order valence-electron chi connectivity index (χ1n) is 10.6.